The van der Waals surface area contributed by atoms with Crippen molar-refractivity contribution < 1.29 is 9.53 Å². The topological polar surface area (TPSA) is 96.1 Å². The van der Waals surface area contributed by atoms with E-state index in [-0.39, 0.29) is 11.7 Å². The molecule has 0 saturated carbocycles. The average molecular weight is 495 g/mol. The Kier molecular flexibility index (Phi) is 7.25. The van der Waals surface area contributed by atoms with Gasteiger partial charge in [-0.25, -0.2) is 0 Å². The molecule has 34 heavy (non-hydrogen) atoms. The van der Waals surface area contributed by atoms with Crippen molar-refractivity contribution in [3.63, 3.8) is 0 Å². The van der Waals surface area contributed by atoms with Crippen LogP contribution in [0.15, 0.2) is 35.5 Å². The zero-order chi connectivity index (χ0) is 23.3. The second kappa shape index (κ2) is 10.7. The van der Waals surface area contributed by atoms with Crippen LogP contribution in [0.4, 0.5) is 5.00 Å². The number of thiophene rings is 1. The summed E-state index contributed by atoms with van der Waals surface area (Å²) in [6.07, 6.45) is 4.16. The third kappa shape index (κ3) is 5.03. The van der Waals surface area contributed by atoms with Crippen LogP contribution in [0.2, 0.25) is 0 Å². The van der Waals surface area contributed by atoms with E-state index in [2.05, 4.69) is 26.5 Å². The summed E-state index contributed by atoms with van der Waals surface area (Å²) in [4.78, 5) is 16.4. The number of carbonyl (C=O) groups is 1. The molecule has 0 unspecified atom stereocenters. The normalized spacial score (nSPS) is 16.1. The van der Waals surface area contributed by atoms with Crippen molar-refractivity contribution >= 4 is 34.0 Å². The minimum atomic E-state index is -0.141. The summed E-state index contributed by atoms with van der Waals surface area (Å²) < 4.78 is 7.49. The highest BCUT2D eigenvalue weighted by molar-refractivity contribution is 7.99. The molecule has 8 nitrogen and oxygen atoms in total. The number of fused-ring (bicyclic) bond motifs is 1. The Labute approximate surface area is 206 Å². The first kappa shape index (κ1) is 23.1. The number of hydrogen-bond donors (Lipinski definition) is 1. The van der Waals surface area contributed by atoms with Crippen LogP contribution in [0.1, 0.15) is 34.7 Å². The van der Waals surface area contributed by atoms with Gasteiger partial charge in [-0.2, -0.15) is 5.26 Å². The molecule has 0 atom stereocenters. The summed E-state index contributed by atoms with van der Waals surface area (Å²) in [5, 5.41) is 22.9. The van der Waals surface area contributed by atoms with E-state index < -0.39 is 0 Å². The summed E-state index contributed by atoms with van der Waals surface area (Å²) in [6, 6.07) is 12.3. The highest BCUT2D eigenvalue weighted by Gasteiger charge is 2.23. The van der Waals surface area contributed by atoms with E-state index in [1.54, 1.807) is 11.3 Å². The Morgan fingerprint density at radius 3 is 2.76 bits per heavy atom. The van der Waals surface area contributed by atoms with E-state index in [1.165, 1.54) is 16.6 Å². The fourth-order valence-corrected chi connectivity index (χ4v) is 6.38. The number of ether oxygens (including phenoxy) is 1. The van der Waals surface area contributed by atoms with Crippen molar-refractivity contribution in [3.05, 3.63) is 52.2 Å². The maximum Gasteiger partial charge on any atom is 0.235 e. The van der Waals surface area contributed by atoms with Gasteiger partial charge in [0.05, 0.1) is 31.1 Å². The van der Waals surface area contributed by atoms with Gasteiger partial charge in [-0.05, 0) is 43.4 Å². The molecule has 1 N–H and O–H groups in total. The third-order valence-electron chi connectivity index (χ3n) is 6.05. The number of nitrogens with zero attached hydrogens (tertiary/aromatic N) is 5. The van der Waals surface area contributed by atoms with Gasteiger partial charge in [-0.15, -0.1) is 21.5 Å². The lowest BCUT2D eigenvalue weighted by molar-refractivity contribution is -0.113. The van der Waals surface area contributed by atoms with Gasteiger partial charge < -0.3 is 10.1 Å². The van der Waals surface area contributed by atoms with E-state index in [9.17, 15) is 10.1 Å². The molecule has 0 radical (unpaired) electrons. The molecule has 5 rings (SSSR count). The monoisotopic (exact) mass is 494 g/mol. The summed E-state index contributed by atoms with van der Waals surface area (Å²) in [5.74, 6) is 0.891. The lowest BCUT2D eigenvalue weighted by Crippen LogP contribution is -2.36. The van der Waals surface area contributed by atoms with Crippen LogP contribution < -0.4 is 5.32 Å². The fraction of sp³-hybridized carbons (Fsp3) is 0.417. The van der Waals surface area contributed by atoms with Crippen molar-refractivity contribution in [2.45, 2.75) is 37.4 Å². The number of carbonyl (C=O) groups excluding carboxylic acids is 1. The Balaban J connectivity index is 1.31. The van der Waals surface area contributed by atoms with Gasteiger partial charge >= 0.3 is 0 Å². The van der Waals surface area contributed by atoms with E-state index in [4.69, 9.17) is 4.74 Å². The number of aromatic nitrogens is 3. The van der Waals surface area contributed by atoms with E-state index >= 15 is 0 Å². The van der Waals surface area contributed by atoms with Crippen LogP contribution >= 0.6 is 23.1 Å². The highest BCUT2D eigenvalue weighted by atomic mass is 32.2. The molecule has 176 valence electrons. The zero-order valence-corrected chi connectivity index (χ0v) is 20.5. The molecule has 10 heteroatoms. The van der Waals surface area contributed by atoms with Gasteiger partial charge in [-0.3, -0.25) is 14.3 Å². The number of nitriles is 1. The largest absolute Gasteiger partial charge is 0.379 e. The molecule has 1 aromatic carbocycles. The fourth-order valence-electron chi connectivity index (χ4n) is 4.36. The molecule has 1 aliphatic heterocycles. The number of hydrogen-bond acceptors (Lipinski definition) is 8. The molecule has 0 spiro atoms. The first-order valence-electron chi connectivity index (χ1n) is 11.5. The average Bonchev–Trinajstić information content (AvgIpc) is 3.44. The van der Waals surface area contributed by atoms with Gasteiger partial charge in [0.1, 0.15) is 11.1 Å². The van der Waals surface area contributed by atoms with Crippen LogP contribution in [0.3, 0.4) is 0 Å². The number of para-hydroxylation sites is 1. The summed E-state index contributed by atoms with van der Waals surface area (Å²) in [7, 11) is 0. The lowest BCUT2D eigenvalue weighted by atomic mass is 9.96. The van der Waals surface area contributed by atoms with Gasteiger partial charge in [0.25, 0.3) is 0 Å². The predicted octanol–water partition coefficient (Wildman–Crippen LogP) is 3.64. The Morgan fingerprint density at radius 1 is 1.18 bits per heavy atom. The van der Waals surface area contributed by atoms with Crippen LogP contribution in [0.5, 0.6) is 0 Å². The van der Waals surface area contributed by atoms with E-state index in [0.717, 1.165) is 69.1 Å². The van der Waals surface area contributed by atoms with Crippen molar-refractivity contribution in [1.29, 1.82) is 5.26 Å². The zero-order valence-electron chi connectivity index (χ0n) is 18.8. The summed E-state index contributed by atoms with van der Waals surface area (Å²) in [5.41, 5.74) is 2.73. The van der Waals surface area contributed by atoms with Crippen molar-refractivity contribution in [1.82, 2.24) is 19.7 Å². The molecule has 2 aliphatic rings. The molecule has 3 aromatic rings. The van der Waals surface area contributed by atoms with E-state index in [0.29, 0.717) is 22.3 Å². The van der Waals surface area contributed by atoms with Crippen LogP contribution in [0, 0.1) is 11.3 Å². The Morgan fingerprint density at radius 2 is 1.97 bits per heavy atom. The number of nitrogens with one attached hydrogen (secondary N) is 1. The molecule has 1 fully saturated rings. The Bertz CT molecular complexity index is 1190. The first-order valence-corrected chi connectivity index (χ1v) is 13.3. The van der Waals surface area contributed by atoms with Crippen molar-refractivity contribution in [2.75, 3.05) is 37.4 Å². The van der Waals surface area contributed by atoms with Gasteiger partial charge in [0.15, 0.2) is 11.0 Å². The number of morpholine rings is 1. The highest BCUT2D eigenvalue weighted by Crippen LogP contribution is 2.37. The number of aryl methyl sites for hydroxylation is 1. The quantitative estimate of drug-likeness (QED) is 0.501. The van der Waals surface area contributed by atoms with Crippen molar-refractivity contribution in [2.24, 2.45) is 0 Å². The molecule has 1 amide bonds. The molecular formula is C24H26N6O2S2. The SMILES string of the molecule is N#Cc1c(NC(=O)CSc2nnc(CN3CCOCC3)n2-c2ccccc2)sc2c1CCCC2. The summed E-state index contributed by atoms with van der Waals surface area (Å²) in [6.45, 7) is 3.83. The molecule has 1 aliphatic carbocycles. The number of thioether (sulfide) groups is 1. The molecular weight excluding hydrogens is 468 g/mol. The van der Waals surface area contributed by atoms with Gasteiger partial charge in [-0.1, -0.05) is 30.0 Å². The molecule has 2 aromatic heterocycles. The summed E-state index contributed by atoms with van der Waals surface area (Å²) >= 11 is 2.90. The van der Waals surface area contributed by atoms with Gasteiger partial charge in [0.2, 0.25) is 5.91 Å². The minimum absolute atomic E-state index is 0.141. The standard InChI is InChI=1S/C24H26N6O2S2/c25-14-19-18-8-4-5-9-20(18)34-23(19)26-22(31)16-33-24-28-27-21(15-29-10-12-32-13-11-29)30(24)17-6-2-1-3-7-17/h1-3,6-7H,4-5,8-13,15-16H2,(H,26,31). The van der Waals surface area contributed by atoms with Crippen molar-refractivity contribution in [3.8, 4) is 11.8 Å². The van der Waals surface area contributed by atoms with Gasteiger partial charge in [0, 0.05) is 23.7 Å². The third-order valence-corrected chi connectivity index (χ3v) is 8.19. The van der Waals surface area contributed by atoms with Crippen LogP contribution in [0.25, 0.3) is 5.69 Å². The maximum absolute atomic E-state index is 12.8. The predicted molar refractivity (Wildman–Crippen MR) is 132 cm³/mol. The number of benzene rings is 1. The second-order valence-electron chi connectivity index (χ2n) is 8.32. The lowest BCUT2D eigenvalue weighted by Gasteiger charge is -2.26. The van der Waals surface area contributed by atoms with Crippen LogP contribution in [-0.2, 0) is 28.9 Å². The van der Waals surface area contributed by atoms with E-state index in [1.807, 2.05) is 34.9 Å². The smallest absolute Gasteiger partial charge is 0.235 e. The second-order valence-corrected chi connectivity index (χ2v) is 10.4. The van der Waals surface area contributed by atoms with Crippen LogP contribution in [-0.4, -0.2) is 57.6 Å². The molecule has 1 saturated heterocycles. The number of anilines is 1. The molecule has 3 heterocycles. The number of rotatable bonds is 7. The molecule has 0 bridgehead atoms. The minimum Gasteiger partial charge on any atom is -0.379 e. The Hall–Kier alpha value is -2.71. The maximum atomic E-state index is 12.8. The first-order chi connectivity index (χ1) is 16.7. The number of amides is 1.